The van der Waals surface area contributed by atoms with Crippen molar-refractivity contribution in [3.8, 4) is 6.07 Å². The van der Waals surface area contributed by atoms with Crippen LogP contribution in [0.1, 0.15) is 43.5 Å². The van der Waals surface area contributed by atoms with E-state index >= 15 is 0 Å². The van der Waals surface area contributed by atoms with Crippen LogP contribution in [-0.2, 0) is 17.6 Å². The minimum Gasteiger partial charge on any atom is -0.381 e. The Balaban J connectivity index is 1.94. The van der Waals surface area contributed by atoms with E-state index < -0.39 is 0 Å². The normalized spacial score (nSPS) is 24.7. The molecule has 0 unspecified atom stereocenters. The van der Waals surface area contributed by atoms with Crippen LogP contribution in [0.5, 0.6) is 0 Å². The van der Waals surface area contributed by atoms with E-state index in [4.69, 9.17) is 4.74 Å². The molecular weight excluding hydrogens is 264 g/mol. The molecule has 0 aliphatic carbocycles. The summed E-state index contributed by atoms with van der Waals surface area (Å²) >= 11 is 0. The van der Waals surface area contributed by atoms with Gasteiger partial charge in [-0.3, -0.25) is 0 Å². The summed E-state index contributed by atoms with van der Waals surface area (Å²) in [6.45, 7) is 7.72. The van der Waals surface area contributed by atoms with Crippen molar-refractivity contribution in [2.75, 3.05) is 31.2 Å². The van der Waals surface area contributed by atoms with E-state index in [0.29, 0.717) is 0 Å². The fourth-order valence-electron chi connectivity index (χ4n) is 3.59. The summed E-state index contributed by atoms with van der Waals surface area (Å²) in [5.74, 6) is 0.773. The number of ether oxygens (including phenoxy) is 1. The lowest BCUT2D eigenvalue weighted by molar-refractivity contribution is 0.160. The van der Waals surface area contributed by atoms with Crippen molar-refractivity contribution in [2.45, 2.75) is 39.5 Å². The highest BCUT2D eigenvalue weighted by molar-refractivity contribution is 5.58. The molecule has 2 aliphatic rings. The van der Waals surface area contributed by atoms with Gasteiger partial charge in [-0.25, -0.2) is 0 Å². The van der Waals surface area contributed by atoms with Crippen LogP contribution in [0.2, 0.25) is 0 Å². The van der Waals surface area contributed by atoms with Crippen molar-refractivity contribution in [2.24, 2.45) is 5.41 Å². The molecule has 1 atom stereocenters. The summed E-state index contributed by atoms with van der Waals surface area (Å²) in [5.41, 5.74) is 3.01. The number of aromatic nitrogens is 2. The Morgan fingerprint density at radius 2 is 2.14 bits per heavy atom. The third-order valence-electron chi connectivity index (χ3n) is 4.86. The fraction of sp³-hybridized carbons (Fsp3) is 0.688. The Labute approximate surface area is 125 Å². The van der Waals surface area contributed by atoms with E-state index in [1.165, 1.54) is 0 Å². The van der Waals surface area contributed by atoms with Gasteiger partial charge in [-0.2, -0.15) is 10.4 Å². The van der Waals surface area contributed by atoms with Gasteiger partial charge in [0.05, 0.1) is 12.3 Å². The molecule has 3 heterocycles. The quantitative estimate of drug-likeness (QED) is 0.851. The predicted molar refractivity (Wildman–Crippen MR) is 80.2 cm³/mol. The van der Waals surface area contributed by atoms with Gasteiger partial charge >= 0.3 is 0 Å². The van der Waals surface area contributed by atoms with Crippen LogP contribution in [0.3, 0.4) is 0 Å². The first-order chi connectivity index (χ1) is 10.2. The molecular formula is C16H22N4O. The van der Waals surface area contributed by atoms with E-state index in [0.717, 1.165) is 74.6 Å². The van der Waals surface area contributed by atoms with E-state index in [-0.39, 0.29) is 5.41 Å². The molecule has 2 saturated heterocycles. The minimum atomic E-state index is 0.268. The Hall–Kier alpha value is -1.67. The average Bonchev–Trinajstić information content (AvgIpc) is 3.16. The Morgan fingerprint density at radius 1 is 1.29 bits per heavy atom. The van der Waals surface area contributed by atoms with Gasteiger partial charge in [0.15, 0.2) is 5.82 Å². The highest BCUT2D eigenvalue weighted by atomic mass is 16.5. The van der Waals surface area contributed by atoms with Crippen LogP contribution < -0.4 is 4.90 Å². The van der Waals surface area contributed by atoms with E-state index in [1.807, 2.05) is 0 Å². The van der Waals surface area contributed by atoms with Crippen molar-refractivity contribution < 1.29 is 4.74 Å². The maximum absolute atomic E-state index is 9.60. The fourth-order valence-corrected chi connectivity index (χ4v) is 3.59. The number of hydrogen-bond acceptors (Lipinski definition) is 5. The zero-order chi connectivity index (χ0) is 14.9. The Bertz CT molecular complexity index is 572. The molecule has 21 heavy (non-hydrogen) atoms. The van der Waals surface area contributed by atoms with Gasteiger partial charge in [0.2, 0.25) is 0 Å². The van der Waals surface area contributed by atoms with E-state index in [2.05, 4.69) is 35.0 Å². The highest BCUT2D eigenvalue weighted by Crippen LogP contribution is 2.40. The van der Waals surface area contributed by atoms with Crippen molar-refractivity contribution in [3.63, 3.8) is 0 Å². The number of nitrogens with zero attached hydrogens (tertiary/aromatic N) is 4. The van der Waals surface area contributed by atoms with Gasteiger partial charge in [-0.1, -0.05) is 13.8 Å². The summed E-state index contributed by atoms with van der Waals surface area (Å²) in [6, 6.07) is 2.37. The summed E-state index contributed by atoms with van der Waals surface area (Å²) in [5, 5.41) is 18.3. The molecule has 0 N–H and O–H groups in total. The summed E-state index contributed by atoms with van der Waals surface area (Å²) in [6.07, 6.45) is 3.89. The topological polar surface area (TPSA) is 62.0 Å². The van der Waals surface area contributed by atoms with Crippen LogP contribution in [0.15, 0.2) is 0 Å². The SMILES string of the molecule is CCc1nnc(N2CC[C@]3(CCOC3)C2)c(C#N)c1CC. The zero-order valence-corrected chi connectivity index (χ0v) is 12.9. The number of hydrogen-bond donors (Lipinski definition) is 0. The molecule has 5 nitrogen and oxygen atoms in total. The largest absolute Gasteiger partial charge is 0.381 e. The minimum absolute atomic E-state index is 0.268. The second-order valence-corrected chi connectivity index (χ2v) is 6.12. The van der Waals surface area contributed by atoms with Crippen LogP contribution in [-0.4, -0.2) is 36.5 Å². The lowest BCUT2D eigenvalue weighted by Crippen LogP contribution is -2.29. The van der Waals surface area contributed by atoms with Crippen molar-refractivity contribution in [3.05, 3.63) is 16.8 Å². The standard InChI is InChI=1S/C16H22N4O/c1-3-12-13(9-17)15(19-18-14(12)4-2)20-7-5-16(10-20)6-8-21-11-16/h3-8,10-11H2,1-2H3/t16-/m0/s1. The maximum atomic E-state index is 9.60. The molecule has 1 aromatic rings. The number of aryl methyl sites for hydroxylation is 1. The second kappa shape index (κ2) is 5.61. The molecule has 112 valence electrons. The molecule has 3 rings (SSSR count). The van der Waals surface area contributed by atoms with Crippen molar-refractivity contribution >= 4 is 5.82 Å². The van der Waals surface area contributed by atoms with Crippen LogP contribution in [0.25, 0.3) is 0 Å². The number of anilines is 1. The summed E-state index contributed by atoms with van der Waals surface area (Å²) in [7, 11) is 0. The van der Waals surface area contributed by atoms with Crippen molar-refractivity contribution in [1.82, 2.24) is 10.2 Å². The number of rotatable bonds is 3. The molecule has 2 aliphatic heterocycles. The smallest absolute Gasteiger partial charge is 0.169 e. The molecule has 1 spiro atoms. The van der Waals surface area contributed by atoms with Gasteiger partial charge in [-0.15, -0.1) is 5.10 Å². The number of nitriles is 1. The van der Waals surface area contributed by atoms with Crippen molar-refractivity contribution in [1.29, 1.82) is 5.26 Å². The molecule has 0 bridgehead atoms. The summed E-state index contributed by atoms with van der Waals surface area (Å²) in [4.78, 5) is 2.23. The van der Waals surface area contributed by atoms with Crippen LogP contribution >= 0.6 is 0 Å². The Kier molecular flexibility index (Phi) is 3.81. The first-order valence-corrected chi connectivity index (χ1v) is 7.84. The first-order valence-electron chi connectivity index (χ1n) is 7.84. The molecule has 1 aromatic heterocycles. The lowest BCUT2D eigenvalue weighted by Gasteiger charge is -2.23. The predicted octanol–water partition coefficient (Wildman–Crippen LogP) is 2.09. The van der Waals surface area contributed by atoms with Crippen LogP contribution in [0.4, 0.5) is 5.82 Å². The molecule has 2 fully saturated rings. The Morgan fingerprint density at radius 3 is 2.76 bits per heavy atom. The van der Waals surface area contributed by atoms with Gasteiger partial charge in [0.25, 0.3) is 0 Å². The van der Waals surface area contributed by atoms with Gasteiger partial charge in [0.1, 0.15) is 11.6 Å². The molecule has 5 heteroatoms. The molecule has 0 radical (unpaired) electrons. The maximum Gasteiger partial charge on any atom is 0.169 e. The highest BCUT2D eigenvalue weighted by Gasteiger charge is 2.42. The summed E-state index contributed by atoms with van der Waals surface area (Å²) < 4.78 is 5.58. The monoisotopic (exact) mass is 286 g/mol. The third-order valence-corrected chi connectivity index (χ3v) is 4.86. The van der Waals surface area contributed by atoms with E-state index in [1.54, 1.807) is 0 Å². The second-order valence-electron chi connectivity index (χ2n) is 6.12. The van der Waals surface area contributed by atoms with E-state index in [9.17, 15) is 5.26 Å². The average molecular weight is 286 g/mol. The van der Waals surface area contributed by atoms with Gasteiger partial charge < -0.3 is 9.64 Å². The van der Waals surface area contributed by atoms with Crippen LogP contribution in [0, 0.1) is 16.7 Å². The zero-order valence-electron chi connectivity index (χ0n) is 12.9. The molecule has 0 aromatic carbocycles. The molecule has 0 saturated carbocycles. The molecule has 0 amide bonds. The van der Waals surface area contributed by atoms with Gasteiger partial charge in [-0.05, 0) is 31.2 Å². The van der Waals surface area contributed by atoms with Gasteiger partial charge in [0, 0.05) is 25.1 Å². The lowest BCUT2D eigenvalue weighted by atomic mass is 9.87. The third kappa shape index (κ3) is 2.38. The first kappa shape index (κ1) is 14.3.